The third kappa shape index (κ3) is 4.37. The van der Waals surface area contributed by atoms with E-state index in [-0.39, 0.29) is 18.2 Å². The zero-order valence-electron chi connectivity index (χ0n) is 10.0. The highest BCUT2D eigenvalue weighted by atomic mass is 32.2. The van der Waals surface area contributed by atoms with Crippen molar-refractivity contribution >= 4 is 10.0 Å². The minimum atomic E-state index is -3.21. The van der Waals surface area contributed by atoms with Crippen molar-refractivity contribution in [2.45, 2.75) is 25.9 Å². The molecule has 0 amide bonds. The summed E-state index contributed by atoms with van der Waals surface area (Å²) in [5.74, 6) is 0.459. The maximum atomic E-state index is 11.9. The van der Waals surface area contributed by atoms with E-state index in [9.17, 15) is 13.5 Å². The summed E-state index contributed by atoms with van der Waals surface area (Å²) in [5, 5.41) is 12.4. The van der Waals surface area contributed by atoms with E-state index < -0.39 is 16.1 Å². The maximum Gasteiger partial charge on any atom is 0.214 e. The van der Waals surface area contributed by atoms with E-state index >= 15 is 0 Å². The Bertz CT molecular complexity index is 297. The van der Waals surface area contributed by atoms with Gasteiger partial charge in [0.2, 0.25) is 10.0 Å². The van der Waals surface area contributed by atoms with Crippen LogP contribution in [0.1, 0.15) is 19.8 Å². The molecular weight excluding hydrogens is 228 g/mol. The van der Waals surface area contributed by atoms with Gasteiger partial charge in [-0.1, -0.05) is 0 Å². The van der Waals surface area contributed by atoms with Crippen molar-refractivity contribution in [1.29, 1.82) is 0 Å². The fourth-order valence-electron chi connectivity index (χ4n) is 1.96. The van der Waals surface area contributed by atoms with Crippen LogP contribution in [0.3, 0.4) is 0 Å². The number of rotatable bonds is 5. The second kappa shape index (κ2) is 5.95. The first-order valence-corrected chi connectivity index (χ1v) is 7.35. The van der Waals surface area contributed by atoms with Crippen molar-refractivity contribution in [2.24, 2.45) is 5.92 Å². The second-order valence-electron chi connectivity index (χ2n) is 4.60. The zero-order valence-corrected chi connectivity index (χ0v) is 10.8. The number of piperidine rings is 1. The van der Waals surface area contributed by atoms with Crippen molar-refractivity contribution in [1.82, 2.24) is 9.62 Å². The third-order valence-corrected chi connectivity index (χ3v) is 4.89. The van der Waals surface area contributed by atoms with Crippen LogP contribution in [0, 0.1) is 5.92 Å². The molecule has 6 heteroatoms. The molecule has 1 heterocycles. The van der Waals surface area contributed by atoms with Crippen LogP contribution >= 0.6 is 0 Å². The van der Waals surface area contributed by atoms with Gasteiger partial charge in [-0.3, -0.25) is 0 Å². The van der Waals surface area contributed by atoms with Gasteiger partial charge in [-0.25, -0.2) is 12.7 Å². The summed E-state index contributed by atoms with van der Waals surface area (Å²) in [6.07, 6.45) is 1.22. The lowest BCUT2D eigenvalue weighted by Crippen LogP contribution is -2.39. The van der Waals surface area contributed by atoms with Crippen LogP contribution in [0.15, 0.2) is 0 Å². The Hall–Kier alpha value is -0.170. The highest BCUT2D eigenvalue weighted by molar-refractivity contribution is 7.89. The topological polar surface area (TPSA) is 69.6 Å². The molecule has 1 aliphatic rings. The van der Waals surface area contributed by atoms with Crippen LogP contribution in [0.4, 0.5) is 0 Å². The average Bonchev–Trinajstić information content (AvgIpc) is 2.17. The first kappa shape index (κ1) is 13.9. The van der Waals surface area contributed by atoms with E-state index in [1.165, 1.54) is 11.4 Å². The summed E-state index contributed by atoms with van der Waals surface area (Å²) in [6, 6.07) is 0. The molecule has 0 saturated carbocycles. The largest absolute Gasteiger partial charge is 0.392 e. The number of sulfonamides is 1. The zero-order chi connectivity index (χ0) is 12.2. The normalized spacial score (nSPS) is 21.2. The lowest BCUT2D eigenvalue weighted by atomic mass is 10.0. The number of nitrogens with zero attached hydrogens (tertiary/aromatic N) is 1. The Morgan fingerprint density at radius 1 is 1.44 bits per heavy atom. The van der Waals surface area contributed by atoms with Crippen molar-refractivity contribution in [3.05, 3.63) is 0 Å². The predicted octanol–water partition coefficient (Wildman–Crippen LogP) is -0.372. The van der Waals surface area contributed by atoms with Crippen LogP contribution < -0.4 is 5.32 Å². The molecule has 2 N–H and O–H groups in total. The van der Waals surface area contributed by atoms with Gasteiger partial charge in [0.05, 0.1) is 11.9 Å². The van der Waals surface area contributed by atoms with Gasteiger partial charge in [0.25, 0.3) is 0 Å². The minimum absolute atomic E-state index is 0.174. The molecule has 0 bridgehead atoms. The second-order valence-corrected chi connectivity index (χ2v) is 6.72. The quantitative estimate of drug-likeness (QED) is 0.698. The van der Waals surface area contributed by atoms with E-state index in [1.807, 2.05) is 0 Å². The first-order valence-electron chi connectivity index (χ1n) is 5.74. The van der Waals surface area contributed by atoms with Crippen LogP contribution in [-0.4, -0.2) is 56.4 Å². The van der Waals surface area contributed by atoms with Crippen LogP contribution in [0.2, 0.25) is 0 Å². The van der Waals surface area contributed by atoms with Crippen LogP contribution in [-0.2, 0) is 10.0 Å². The fraction of sp³-hybridized carbons (Fsp3) is 1.00. The highest BCUT2D eigenvalue weighted by Gasteiger charge is 2.25. The Morgan fingerprint density at radius 3 is 2.50 bits per heavy atom. The van der Waals surface area contributed by atoms with Crippen LogP contribution in [0.5, 0.6) is 0 Å². The van der Waals surface area contributed by atoms with Gasteiger partial charge in [0.1, 0.15) is 0 Å². The molecule has 0 aromatic heterocycles. The highest BCUT2D eigenvalue weighted by Crippen LogP contribution is 2.16. The molecule has 0 spiro atoms. The summed E-state index contributed by atoms with van der Waals surface area (Å²) < 4.78 is 25.1. The summed E-state index contributed by atoms with van der Waals surface area (Å²) in [6.45, 7) is 3.57. The molecule has 1 saturated heterocycles. The molecule has 0 aromatic rings. The number of nitrogens with one attached hydrogen (secondary N) is 1. The molecule has 1 fully saturated rings. The molecule has 1 rings (SSSR count). The van der Waals surface area contributed by atoms with E-state index in [4.69, 9.17) is 0 Å². The predicted molar refractivity (Wildman–Crippen MR) is 63.7 cm³/mol. The van der Waals surface area contributed by atoms with Gasteiger partial charge in [-0.05, 0) is 38.8 Å². The fourth-order valence-corrected chi connectivity index (χ4v) is 3.59. The molecule has 5 nitrogen and oxygen atoms in total. The molecule has 96 valence electrons. The first-order chi connectivity index (χ1) is 7.42. The number of hydrogen-bond acceptors (Lipinski definition) is 4. The van der Waals surface area contributed by atoms with E-state index in [2.05, 4.69) is 5.32 Å². The van der Waals surface area contributed by atoms with Gasteiger partial charge in [0, 0.05) is 13.6 Å². The molecule has 0 aliphatic carbocycles. The summed E-state index contributed by atoms with van der Waals surface area (Å²) >= 11 is 0. The van der Waals surface area contributed by atoms with Gasteiger partial charge < -0.3 is 10.4 Å². The van der Waals surface area contributed by atoms with Crippen LogP contribution in [0.25, 0.3) is 0 Å². The standard InChI is InChI=1S/C10H22N2O3S/c1-9(13)7-12(2)16(14,15)8-10-3-5-11-6-4-10/h9-11,13H,3-8H2,1-2H3. The van der Waals surface area contributed by atoms with Crippen molar-refractivity contribution in [2.75, 3.05) is 32.4 Å². The minimum Gasteiger partial charge on any atom is -0.392 e. The Labute approximate surface area is 97.9 Å². The van der Waals surface area contributed by atoms with E-state index in [0.29, 0.717) is 0 Å². The Morgan fingerprint density at radius 2 is 2.00 bits per heavy atom. The van der Waals surface area contributed by atoms with Gasteiger partial charge in [0.15, 0.2) is 0 Å². The number of aliphatic hydroxyl groups excluding tert-OH is 1. The van der Waals surface area contributed by atoms with E-state index in [0.717, 1.165) is 25.9 Å². The molecule has 1 aliphatic heterocycles. The third-order valence-electron chi connectivity index (χ3n) is 2.90. The average molecular weight is 250 g/mol. The van der Waals surface area contributed by atoms with E-state index in [1.54, 1.807) is 6.92 Å². The molecule has 0 radical (unpaired) electrons. The summed E-state index contributed by atoms with van der Waals surface area (Å²) in [5.41, 5.74) is 0. The van der Waals surface area contributed by atoms with Crippen molar-refractivity contribution in [3.8, 4) is 0 Å². The lowest BCUT2D eigenvalue weighted by Gasteiger charge is -2.25. The molecule has 1 atom stereocenters. The smallest absolute Gasteiger partial charge is 0.214 e. The van der Waals surface area contributed by atoms with Gasteiger partial charge >= 0.3 is 0 Å². The Balaban J connectivity index is 2.49. The van der Waals surface area contributed by atoms with Gasteiger partial charge in [-0.2, -0.15) is 0 Å². The molecule has 0 aromatic carbocycles. The van der Waals surface area contributed by atoms with Crippen molar-refractivity contribution < 1.29 is 13.5 Å². The summed E-state index contributed by atoms with van der Waals surface area (Å²) in [4.78, 5) is 0. The van der Waals surface area contributed by atoms with Gasteiger partial charge in [-0.15, -0.1) is 0 Å². The SMILES string of the molecule is CC(O)CN(C)S(=O)(=O)CC1CCNCC1. The summed E-state index contributed by atoms with van der Waals surface area (Å²) in [7, 11) is -1.68. The molecular formula is C10H22N2O3S. The monoisotopic (exact) mass is 250 g/mol. The lowest BCUT2D eigenvalue weighted by molar-refractivity contribution is 0.171. The number of aliphatic hydroxyl groups is 1. The number of hydrogen-bond donors (Lipinski definition) is 2. The Kier molecular flexibility index (Phi) is 5.17. The number of likely N-dealkylation sites (N-methyl/N-ethyl adjacent to an activating group) is 1. The molecule has 16 heavy (non-hydrogen) atoms. The molecule has 1 unspecified atom stereocenters. The maximum absolute atomic E-state index is 11.9. The van der Waals surface area contributed by atoms with Crippen molar-refractivity contribution in [3.63, 3.8) is 0 Å².